The predicted molar refractivity (Wildman–Crippen MR) is 89.6 cm³/mol. The molecule has 0 aliphatic carbocycles. The van der Waals surface area contributed by atoms with E-state index in [0.29, 0.717) is 18.8 Å². The van der Waals surface area contributed by atoms with Crippen LogP contribution in [0.4, 0.5) is 10.1 Å². The molecule has 0 aliphatic heterocycles. The van der Waals surface area contributed by atoms with Crippen molar-refractivity contribution < 1.29 is 13.9 Å². The second kappa shape index (κ2) is 8.39. The summed E-state index contributed by atoms with van der Waals surface area (Å²) in [5, 5.41) is 2.73. The average Bonchev–Trinajstić information content (AvgIpc) is 2.56. The zero-order valence-electron chi connectivity index (χ0n) is 12.8. The second-order valence-corrected chi connectivity index (χ2v) is 5.38. The zero-order chi connectivity index (χ0) is 16.7. The van der Waals surface area contributed by atoms with Crippen LogP contribution in [-0.4, -0.2) is 32.7 Å². The first-order chi connectivity index (χ1) is 11.1. The number of hydrogen-bond donors (Lipinski definition) is 1. The molecule has 0 saturated heterocycles. The Morgan fingerprint density at radius 1 is 1.26 bits per heavy atom. The number of nitrogens with zero attached hydrogens (tertiary/aromatic N) is 1. The molecule has 2 rings (SSSR count). The smallest absolute Gasteiger partial charge is 0.258 e. The third kappa shape index (κ3) is 5.45. The number of para-hydroxylation sites is 1. The number of carbonyl (C=O) groups excluding carboxylic acids is 1. The average molecular weight is 337 g/mol. The van der Waals surface area contributed by atoms with Crippen LogP contribution < -0.4 is 15.0 Å². The van der Waals surface area contributed by atoms with Crippen molar-refractivity contribution in [3.8, 4) is 5.75 Å². The molecular weight excluding hydrogens is 319 g/mol. The minimum Gasteiger partial charge on any atom is -0.484 e. The summed E-state index contributed by atoms with van der Waals surface area (Å²) in [6.45, 7) is 1.03. The van der Waals surface area contributed by atoms with Crippen LogP contribution in [0.2, 0.25) is 5.02 Å². The van der Waals surface area contributed by atoms with Crippen LogP contribution in [-0.2, 0) is 4.79 Å². The molecule has 0 spiro atoms. The van der Waals surface area contributed by atoms with Gasteiger partial charge in [-0.15, -0.1) is 0 Å². The number of hydrogen-bond acceptors (Lipinski definition) is 3. The Morgan fingerprint density at radius 3 is 2.70 bits per heavy atom. The van der Waals surface area contributed by atoms with Crippen LogP contribution in [0.1, 0.15) is 0 Å². The Kier molecular flexibility index (Phi) is 6.23. The van der Waals surface area contributed by atoms with E-state index in [-0.39, 0.29) is 17.5 Å². The number of amides is 1. The number of rotatable bonds is 7. The molecule has 0 fully saturated rings. The van der Waals surface area contributed by atoms with Crippen LogP contribution in [0.25, 0.3) is 0 Å². The van der Waals surface area contributed by atoms with Gasteiger partial charge < -0.3 is 15.0 Å². The minimum atomic E-state index is -0.521. The molecule has 1 amide bonds. The van der Waals surface area contributed by atoms with Crippen molar-refractivity contribution in [1.82, 2.24) is 5.32 Å². The highest BCUT2D eigenvalue weighted by Gasteiger charge is 2.06. The molecule has 122 valence electrons. The lowest BCUT2D eigenvalue weighted by Gasteiger charge is -2.19. The van der Waals surface area contributed by atoms with E-state index in [0.717, 1.165) is 5.69 Å². The Hall–Kier alpha value is -2.27. The van der Waals surface area contributed by atoms with E-state index in [2.05, 4.69) is 5.32 Å². The van der Waals surface area contributed by atoms with Crippen LogP contribution in [0.5, 0.6) is 5.75 Å². The van der Waals surface area contributed by atoms with Crippen molar-refractivity contribution in [2.24, 2.45) is 0 Å². The molecule has 1 N–H and O–H groups in total. The molecule has 23 heavy (non-hydrogen) atoms. The lowest BCUT2D eigenvalue weighted by Crippen LogP contribution is -2.35. The van der Waals surface area contributed by atoms with E-state index in [1.807, 2.05) is 42.3 Å². The van der Waals surface area contributed by atoms with Gasteiger partial charge in [0.25, 0.3) is 5.91 Å². The van der Waals surface area contributed by atoms with Gasteiger partial charge in [-0.25, -0.2) is 4.39 Å². The van der Waals surface area contributed by atoms with Crippen molar-refractivity contribution in [3.63, 3.8) is 0 Å². The molecule has 0 bridgehead atoms. The highest BCUT2D eigenvalue weighted by Crippen LogP contribution is 2.20. The Balaban J connectivity index is 1.70. The summed E-state index contributed by atoms with van der Waals surface area (Å²) in [7, 11) is 1.96. The van der Waals surface area contributed by atoms with Gasteiger partial charge in [-0.1, -0.05) is 29.8 Å². The Bertz CT molecular complexity index is 652. The number of likely N-dealkylation sites (N-methyl/N-ethyl adjacent to an activating group) is 1. The van der Waals surface area contributed by atoms with Crippen molar-refractivity contribution in [3.05, 3.63) is 59.4 Å². The molecular formula is C17H18ClFN2O2. The molecule has 6 heteroatoms. The van der Waals surface area contributed by atoms with Crippen LogP contribution >= 0.6 is 11.6 Å². The number of halogens is 2. The zero-order valence-corrected chi connectivity index (χ0v) is 13.5. The van der Waals surface area contributed by atoms with Gasteiger partial charge in [0.1, 0.15) is 11.6 Å². The van der Waals surface area contributed by atoms with E-state index in [4.69, 9.17) is 16.3 Å². The minimum absolute atomic E-state index is 0.0348. The number of ether oxygens (including phenoxy) is 1. The first-order valence-electron chi connectivity index (χ1n) is 7.17. The highest BCUT2D eigenvalue weighted by molar-refractivity contribution is 6.30. The van der Waals surface area contributed by atoms with E-state index >= 15 is 0 Å². The van der Waals surface area contributed by atoms with Crippen molar-refractivity contribution in [2.75, 3.05) is 31.6 Å². The van der Waals surface area contributed by atoms with Crippen LogP contribution in [0, 0.1) is 5.82 Å². The molecule has 4 nitrogen and oxygen atoms in total. The maximum Gasteiger partial charge on any atom is 0.258 e. The molecule has 0 saturated carbocycles. The van der Waals surface area contributed by atoms with Gasteiger partial charge in [0, 0.05) is 31.9 Å². The molecule has 0 radical (unpaired) electrons. The summed E-state index contributed by atoms with van der Waals surface area (Å²) in [5.74, 6) is -0.410. The van der Waals surface area contributed by atoms with E-state index in [1.165, 1.54) is 18.2 Å². The van der Waals surface area contributed by atoms with Gasteiger partial charge in [0.05, 0.1) is 5.02 Å². The third-order valence-electron chi connectivity index (χ3n) is 3.23. The van der Waals surface area contributed by atoms with Crippen molar-refractivity contribution in [1.29, 1.82) is 0 Å². The standard InChI is InChI=1S/C17H18ClFN2O2/c1-21(13-5-3-2-4-6-13)10-9-20-17(22)12-23-14-7-8-16(19)15(18)11-14/h2-8,11H,9-10,12H2,1H3,(H,20,22). The Labute approximate surface area is 139 Å². The van der Waals surface area contributed by atoms with Gasteiger partial charge in [-0.2, -0.15) is 0 Å². The van der Waals surface area contributed by atoms with Crippen LogP contribution in [0.3, 0.4) is 0 Å². The number of anilines is 1. The van der Waals surface area contributed by atoms with Crippen molar-refractivity contribution in [2.45, 2.75) is 0 Å². The summed E-state index contributed by atoms with van der Waals surface area (Å²) in [6.07, 6.45) is 0. The fourth-order valence-electron chi connectivity index (χ4n) is 1.94. The monoisotopic (exact) mass is 336 g/mol. The highest BCUT2D eigenvalue weighted by atomic mass is 35.5. The molecule has 2 aromatic carbocycles. The van der Waals surface area contributed by atoms with Gasteiger partial charge >= 0.3 is 0 Å². The second-order valence-electron chi connectivity index (χ2n) is 4.97. The molecule has 0 aromatic heterocycles. The van der Waals surface area contributed by atoms with Gasteiger partial charge in [0.15, 0.2) is 6.61 Å². The van der Waals surface area contributed by atoms with E-state index in [1.54, 1.807) is 0 Å². The molecule has 0 aliphatic rings. The molecule has 0 unspecified atom stereocenters. The van der Waals surface area contributed by atoms with Gasteiger partial charge in [0.2, 0.25) is 0 Å². The number of benzene rings is 2. The van der Waals surface area contributed by atoms with Crippen molar-refractivity contribution >= 4 is 23.2 Å². The largest absolute Gasteiger partial charge is 0.484 e. The Morgan fingerprint density at radius 2 is 2.00 bits per heavy atom. The molecule has 0 atom stereocenters. The summed E-state index contributed by atoms with van der Waals surface area (Å²) in [6, 6.07) is 13.9. The topological polar surface area (TPSA) is 41.6 Å². The SMILES string of the molecule is CN(CCNC(=O)COc1ccc(F)c(Cl)c1)c1ccccc1. The normalized spacial score (nSPS) is 10.2. The third-order valence-corrected chi connectivity index (χ3v) is 3.52. The first kappa shape index (κ1) is 17.1. The maximum atomic E-state index is 13.0. The lowest BCUT2D eigenvalue weighted by molar-refractivity contribution is -0.123. The molecule has 0 heterocycles. The van der Waals surface area contributed by atoms with E-state index in [9.17, 15) is 9.18 Å². The predicted octanol–water partition coefficient (Wildman–Crippen LogP) is 3.11. The van der Waals surface area contributed by atoms with E-state index < -0.39 is 5.82 Å². The van der Waals surface area contributed by atoms with Crippen LogP contribution in [0.15, 0.2) is 48.5 Å². The summed E-state index contributed by atoms with van der Waals surface area (Å²) in [4.78, 5) is 13.8. The summed E-state index contributed by atoms with van der Waals surface area (Å²) in [5.41, 5.74) is 1.08. The maximum absolute atomic E-state index is 13.0. The first-order valence-corrected chi connectivity index (χ1v) is 7.55. The fraction of sp³-hybridized carbons (Fsp3) is 0.235. The van der Waals surface area contributed by atoms with Gasteiger partial charge in [-0.3, -0.25) is 4.79 Å². The summed E-state index contributed by atoms with van der Waals surface area (Å²) < 4.78 is 18.3. The quantitative estimate of drug-likeness (QED) is 0.844. The number of carbonyl (C=O) groups is 1. The number of nitrogens with one attached hydrogen (secondary N) is 1. The summed E-state index contributed by atoms with van der Waals surface area (Å²) >= 11 is 5.64. The lowest BCUT2D eigenvalue weighted by atomic mass is 10.3. The fourth-order valence-corrected chi connectivity index (χ4v) is 2.11. The van der Waals surface area contributed by atoms with Gasteiger partial charge in [-0.05, 0) is 24.3 Å². The molecule has 2 aromatic rings.